The van der Waals surface area contributed by atoms with Crippen LogP contribution in [0.5, 0.6) is 0 Å². The zero-order chi connectivity index (χ0) is 12.6. The first-order valence-corrected chi connectivity index (χ1v) is 5.74. The molecule has 0 atom stereocenters. The van der Waals surface area contributed by atoms with Crippen LogP contribution < -0.4 is 0 Å². The fourth-order valence-electron chi connectivity index (χ4n) is 1.64. The molecule has 0 spiro atoms. The summed E-state index contributed by atoms with van der Waals surface area (Å²) >= 11 is 11.8. The lowest BCUT2D eigenvalue weighted by Crippen LogP contribution is -2.02. The van der Waals surface area contributed by atoms with Crippen molar-refractivity contribution in [3.8, 4) is 0 Å². The maximum absolute atomic E-state index is 12.2. The average Bonchev–Trinajstić information content (AvgIpc) is 2.57. The molecule has 2 aromatic rings. The standard InChI is InChI=1S/C12H10Cl2N2O/c1-7-10(6-16(2)15-7)12(17)9-4-3-8(13)5-11(9)14/h3-6H,1-2H3. The summed E-state index contributed by atoms with van der Waals surface area (Å²) in [5, 5.41) is 4.99. The number of ketones is 1. The summed E-state index contributed by atoms with van der Waals surface area (Å²) < 4.78 is 1.60. The Morgan fingerprint density at radius 3 is 2.53 bits per heavy atom. The fourth-order valence-corrected chi connectivity index (χ4v) is 2.14. The Kier molecular flexibility index (Phi) is 3.22. The second-order valence-corrected chi connectivity index (χ2v) is 4.60. The third-order valence-electron chi connectivity index (χ3n) is 2.43. The molecule has 0 unspecified atom stereocenters. The van der Waals surface area contributed by atoms with Crippen molar-refractivity contribution in [3.63, 3.8) is 0 Å². The van der Waals surface area contributed by atoms with Crippen LogP contribution in [0, 0.1) is 6.92 Å². The van der Waals surface area contributed by atoms with Crippen LogP contribution in [-0.2, 0) is 7.05 Å². The summed E-state index contributed by atoms with van der Waals surface area (Å²) in [5.41, 5.74) is 1.67. The lowest BCUT2D eigenvalue weighted by Gasteiger charge is -2.02. The molecule has 1 heterocycles. The lowest BCUT2D eigenvalue weighted by atomic mass is 10.0. The van der Waals surface area contributed by atoms with Crippen molar-refractivity contribution in [2.45, 2.75) is 6.92 Å². The van der Waals surface area contributed by atoms with Gasteiger partial charge in [-0.1, -0.05) is 23.2 Å². The second-order valence-electron chi connectivity index (χ2n) is 3.76. The summed E-state index contributed by atoms with van der Waals surface area (Å²) in [6.45, 7) is 1.79. The topological polar surface area (TPSA) is 34.9 Å². The second kappa shape index (κ2) is 4.51. The van der Waals surface area contributed by atoms with Crippen LogP contribution in [0.3, 0.4) is 0 Å². The number of aromatic nitrogens is 2. The molecular weight excluding hydrogens is 259 g/mol. The number of aryl methyl sites for hydroxylation is 2. The molecule has 0 aliphatic heterocycles. The van der Waals surface area contributed by atoms with Gasteiger partial charge in [0.1, 0.15) is 0 Å². The van der Waals surface area contributed by atoms with E-state index in [9.17, 15) is 4.79 Å². The molecule has 0 aliphatic carbocycles. The number of hydrogen-bond acceptors (Lipinski definition) is 2. The van der Waals surface area contributed by atoms with Crippen molar-refractivity contribution in [2.75, 3.05) is 0 Å². The number of carbonyl (C=O) groups excluding carboxylic acids is 1. The minimum atomic E-state index is -0.141. The number of rotatable bonds is 2. The van der Waals surface area contributed by atoms with Gasteiger partial charge in [0.05, 0.1) is 16.3 Å². The van der Waals surface area contributed by atoms with Crippen LogP contribution >= 0.6 is 23.2 Å². The molecule has 0 bridgehead atoms. The highest BCUT2D eigenvalue weighted by Crippen LogP contribution is 2.24. The zero-order valence-corrected chi connectivity index (χ0v) is 10.9. The molecule has 17 heavy (non-hydrogen) atoms. The third kappa shape index (κ3) is 2.35. The van der Waals surface area contributed by atoms with E-state index < -0.39 is 0 Å². The van der Waals surface area contributed by atoms with Gasteiger partial charge in [-0.2, -0.15) is 5.10 Å². The Morgan fingerprint density at radius 2 is 2.00 bits per heavy atom. The average molecular weight is 269 g/mol. The van der Waals surface area contributed by atoms with E-state index in [2.05, 4.69) is 5.10 Å². The highest BCUT2D eigenvalue weighted by atomic mass is 35.5. The number of benzene rings is 1. The summed E-state index contributed by atoms with van der Waals surface area (Å²) in [6, 6.07) is 4.83. The highest BCUT2D eigenvalue weighted by Gasteiger charge is 2.17. The molecule has 0 radical (unpaired) electrons. The predicted molar refractivity (Wildman–Crippen MR) is 67.8 cm³/mol. The van der Waals surface area contributed by atoms with Gasteiger partial charge in [0.15, 0.2) is 5.78 Å². The van der Waals surface area contributed by atoms with Gasteiger partial charge in [-0.3, -0.25) is 9.48 Å². The molecule has 2 rings (SSSR count). The van der Waals surface area contributed by atoms with Gasteiger partial charge < -0.3 is 0 Å². The minimum absolute atomic E-state index is 0.141. The quantitative estimate of drug-likeness (QED) is 0.784. The molecule has 3 nitrogen and oxygen atoms in total. The fraction of sp³-hybridized carbons (Fsp3) is 0.167. The van der Waals surface area contributed by atoms with E-state index in [0.717, 1.165) is 0 Å². The van der Waals surface area contributed by atoms with E-state index in [1.54, 1.807) is 43.0 Å². The number of hydrogen-bond donors (Lipinski definition) is 0. The molecule has 88 valence electrons. The first-order valence-electron chi connectivity index (χ1n) is 4.99. The van der Waals surface area contributed by atoms with E-state index in [1.807, 2.05) is 0 Å². The molecule has 5 heteroatoms. The van der Waals surface area contributed by atoms with Gasteiger partial charge in [0.2, 0.25) is 0 Å². The smallest absolute Gasteiger partial charge is 0.197 e. The summed E-state index contributed by atoms with van der Waals surface area (Å²) in [4.78, 5) is 12.2. The molecule has 1 aromatic carbocycles. The maximum Gasteiger partial charge on any atom is 0.197 e. The van der Waals surface area contributed by atoms with Gasteiger partial charge in [0.25, 0.3) is 0 Å². The van der Waals surface area contributed by atoms with Crippen LogP contribution in [0.25, 0.3) is 0 Å². The molecule has 0 fully saturated rings. The normalized spacial score (nSPS) is 10.6. The summed E-state index contributed by atoms with van der Waals surface area (Å²) in [6.07, 6.45) is 1.68. The Morgan fingerprint density at radius 1 is 1.29 bits per heavy atom. The van der Waals surface area contributed by atoms with Crippen molar-refractivity contribution < 1.29 is 4.79 Å². The summed E-state index contributed by atoms with van der Waals surface area (Å²) in [7, 11) is 1.77. The molecular formula is C12H10Cl2N2O. The predicted octanol–water partition coefficient (Wildman–Crippen LogP) is 3.27. The van der Waals surface area contributed by atoms with Gasteiger partial charge in [-0.25, -0.2) is 0 Å². The maximum atomic E-state index is 12.2. The Hall–Kier alpha value is -1.32. The van der Waals surface area contributed by atoms with Gasteiger partial charge >= 0.3 is 0 Å². The van der Waals surface area contributed by atoms with Crippen molar-refractivity contribution in [2.24, 2.45) is 7.05 Å². The largest absolute Gasteiger partial charge is 0.288 e. The highest BCUT2D eigenvalue weighted by molar-refractivity contribution is 6.37. The van der Waals surface area contributed by atoms with Crippen LogP contribution in [0.2, 0.25) is 10.0 Å². The Bertz CT molecular complexity index is 590. The number of carbonyl (C=O) groups is 1. The molecule has 0 N–H and O–H groups in total. The molecule has 0 amide bonds. The van der Waals surface area contributed by atoms with Crippen molar-refractivity contribution in [1.29, 1.82) is 0 Å². The van der Waals surface area contributed by atoms with Crippen LogP contribution in [-0.4, -0.2) is 15.6 Å². The van der Waals surface area contributed by atoms with Crippen molar-refractivity contribution >= 4 is 29.0 Å². The van der Waals surface area contributed by atoms with Crippen LogP contribution in [0.1, 0.15) is 21.6 Å². The van der Waals surface area contributed by atoms with Crippen LogP contribution in [0.15, 0.2) is 24.4 Å². The van der Waals surface area contributed by atoms with E-state index in [4.69, 9.17) is 23.2 Å². The van der Waals surface area contributed by atoms with E-state index in [0.29, 0.717) is 26.9 Å². The first kappa shape index (κ1) is 12.1. The Labute approximate surface area is 109 Å². The molecule has 0 saturated heterocycles. The molecule has 0 aliphatic rings. The van der Waals surface area contributed by atoms with Crippen molar-refractivity contribution in [1.82, 2.24) is 9.78 Å². The number of halogens is 2. The number of nitrogens with zero attached hydrogens (tertiary/aromatic N) is 2. The summed E-state index contributed by atoms with van der Waals surface area (Å²) in [5.74, 6) is -0.141. The van der Waals surface area contributed by atoms with Crippen LogP contribution in [0.4, 0.5) is 0 Å². The Balaban J connectivity index is 2.47. The first-order chi connectivity index (χ1) is 7.99. The van der Waals surface area contributed by atoms with Gasteiger partial charge in [0, 0.05) is 23.8 Å². The molecule has 1 aromatic heterocycles. The monoisotopic (exact) mass is 268 g/mol. The van der Waals surface area contributed by atoms with E-state index in [-0.39, 0.29) is 5.78 Å². The van der Waals surface area contributed by atoms with Crippen molar-refractivity contribution in [3.05, 3.63) is 51.3 Å². The zero-order valence-electron chi connectivity index (χ0n) is 9.37. The van der Waals surface area contributed by atoms with Gasteiger partial charge in [-0.15, -0.1) is 0 Å². The minimum Gasteiger partial charge on any atom is -0.288 e. The molecule has 0 saturated carbocycles. The lowest BCUT2D eigenvalue weighted by molar-refractivity contribution is 0.103. The third-order valence-corrected chi connectivity index (χ3v) is 2.98. The van der Waals surface area contributed by atoms with Gasteiger partial charge in [-0.05, 0) is 25.1 Å². The SMILES string of the molecule is Cc1nn(C)cc1C(=O)c1ccc(Cl)cc1Cl. The van der Waals surface area contributed by atoms with E-state index in [1.165, 1.54) is 0 Å². The van der Waals surface area contributed by atoms with E-state index >= 15 is 0 Å².